The summed E-state index contributed by atoms with van der Waals surface area (Å²) in [4.78, 5) is 0. The maximum absolute atomic E-state index is 6.42. The topological polar surface area (TPSA) is 0 Å². The molecule has 0 nitrogen and oxygen atoms in total. The summed E-state index contributed by atoms with van der Waals surface area (Å²) in [7, 11) is 0. The minimum atomic E-state index is -1.79. The molecule has 4 aromatic rings. The van der Waals surface area contributed by atoms with Crippen LogP contribution in [0.15, 0.2) is 121 Å². The molecule has 0 aliphatic carbocycles. The van der Waals surface area contributed by atoms with E-state index < -0.39 is 12.1 Å². The van der Waals surface area contributed by atoms with Gasteiger partial charge in [-0.1, -0.05) is 0 Å². The average Bonchev–Trinajstić information content (AvgIpc) is 2.90. The van der Waals surface area contributed by atoms with Gasteiger partial charge >= 0.3 is 216 Å². The van der Waals surface area contributed by atoms with Gasteiger partial charge < -0.3 is 0 Å². The van der Waals surface area contributed by atoms with Crippen LogP contribution in [0.2, 0.25) is 10.6 Å². The van der Waals surface area contributed by atoms with Crippen molar-refractivity contribution in [3.05, 3.63) is 121 Å². The quantitative estimate of drug-likeness (QED) is 0.135. The van der Waals surface area contributed by atoms with Crippen LogP contribution in [0.4, 0.5) is 0 Å². The van der Waals surface area contributed by atoms with Crippen LogP contribution >= 0.6 is 12.1 Å². The van der Waals surface area contributed by atoms with Gasteiger partial charge in [0.05, 0.1) is 0 Å². The second-order valence-electron chi connectivity index (χ2n) is 7.88. The van der Waals surface area contributed by atoms with E-state index >= 15 is 0 Å². The van der Waals surface area contributed by atoms with Crippen LogP contribution < -0.4 is 21.2 Å². The zero-order chi connectivity index (χ0) is 23.0. The van der Waals surface area contributed by atoms with Gasteiger partial charge in [0.15, 0.2) is 0 Å². The monoisotopic (exact) mass is 570 g/mol. The molecule has 4 aromatic carbocycles. The SMILES string of the molecule is S=P(CC[Se]CCP(=S)(c1ccccc1)c1ccccc1)(c1ccccc1)c1ccccc1. The Hall–Kier alpha value is -1.30. The Bertz CT molecular complexity index is 1040. The molecule has 0 saturated heterocycles. The second kappa shape index (κ2) is 11.9. The Morgan fingerprint density at radius 3 is 0.909 bits per heavy atom. The molecule has 0 heterocycles. The van der Waals surface area contributed by atoms with Crippen LogP contribution in [0.3, 0.4) is 0 Å². The van der Waals surface area contributed by atoms with Crippen LogP contribution in [0.5, 0.6) is 0 Å². The Balaban J connectivity index is 1.47. The van der Waals surface area contributed by atoms with E-state index in [1.54, 1.807) is 0 Å². The van der Waals surface area contributed by atoms with Crippen LogP contribution in [0.25, 0.3) is 0 Å². The predicted octanol–water partition coefficient (Wildman–Crippen LogP) is 5.79. The number of benzene rings is 4. The molecule has 0 aliphatic rings. The van der Waals surface area contributed by atoms with Crippen LogP contribution in [0.1, 0.15) is 0 Å². The summed E-state index contributed by atoms with van der Waals surface area (Å²) in [5.41, 5.74) is 0. The molecule has 0 bridgehead atoms. The fourth-order valence-corrected chi connectivity index (χ4v) is 18.1. The van der Waals surface area contributed by atoms with Crippen molar-refractivity contribution in [1.29, 1.82) is 0 Å². The zero-order valence-electron chi connectivity index (χ0n) is 18.5. The van der Waals surface area contributed by atoms with E-state index in [0.717, 1.165) is 12.3 Å². The molecule has 33 heavy (non-hydrogen) atoms. The molecule has 0 spiro atoms. The molecule has 0 amide bonds. The molecule has 168 valence electrons. The van der Waals surface area contributed by atoms with Crippen LogP contribution in [-0.2, 0) is 23.6 Å². The molecular weight excluding hydrogens is 541 g/mol. The van der Waals surface area contributed by atoms with E-state index in [9.17, 15) is 0 Å². The van der Waals surface area contributed by atoms with Gasteiger partial charge in [-0.15, -0.1) is 0 Å². The molecule has 4 rings (SSSR count). The second-order valence-corrected chi connectivity index (χ2v) is 20.1. The van der Waals surface area contributed by atoms with E-state index in [-0.39, 0.29) is 0 Å². The summed E-state index contributed by atoms with van der Waals surface area (Å²) in [6, 6.07) is 39.6. The molecule has 0 saturated carbocycles. The normalized spacial score (nSPS) is 11.9. The van der Waals surface area contributed by atoms with Crippen molar-refractivity contribution in [2.75, 3.05) is 12.3 Å². The van der Waals surface area contributed by atoms with Gasteiger partial charge in [0.25, 0.3) is 0 Å². The van der Waals surface area contributed by atoms with Gasteiger partial charge in [-0.2, -0.15) is 0 Å². The number of rotatable bonds is 10. The number of hydrogen-bond donors (Lipinski definition) is 0. The van der Waals surface area contributed by atoms with Crippen molar-refractivity contribution in [3.8, 4) is 0 Å². The summed E-state index contributed by atoms with van der Waals surface area (Å²) in [5.74, 6) is 0. The summed E-state index contributed by atoms with van der Waals surface area (Å²) < 4.78 is 0. The van der Waals surface area contributed by atoms with Crippen LogP contribution in [0, 0.1) is 0 Å². The first-order valence-electron chi connectivity index (χ1n) is 11.1. The summed E-state index contributed by atoms with van der Waals surface area (Å²) in [6.45, 7) is 0. The van der Waals surface area contributed by atoms with E-state index in [2.05, 4.69) is 121 Å². The molecule has 0 fully saturated rings. The minimum absolute atomic E-state index is 0.529. The third-order valence-electron chi connectivity index (χ3n) is 5.79. The van der Waals surface area contributed by atoms with Gasteiger partial charge in [-0.3, -0.25) is 0 Å². The molecule has 0 radical (unpaired) electrons. The van der Waals surface area contributed by atoms with Gasteiger partial charge in [0, 0.05) is 0 Å². The molecule has 0 N–H and O–H groups in total. The molecule has 0 aromatic heterocycles. The first-order valence-corrected chi connectivity index (χ1v) is 19.5. The Kier molecular flexibility index (Phi) is 8.95. The molecule has 5 heteroatoms. The average molecular weight is 570 g/mol. The molecule has 0 unspecified atom stereocenters. The first kappa shape index (κ1) is 24.8. The fraction of sp³-hybridized carbons (Fsp3) is 0.143. The Morgan fingerprint density at radius 1 is 0.424 bits per heavy atom. The molecule has 0 aliphatic heterocycles. The first-order chi connectivity index (χ1) is 16.1. The molecule has 0 atom stereocenters. The third-order valence-corrected chi connectivity index (χ3v) is 19.1. The Labute approximate surface area is 215 Å². The van der Waals surface area contributed by atoms with Crippen molar-refractivity contribution >= 4 is 71.9 Å². The van der Waals surface area contributed by atoms with Crippen molar-refractivity contribution in [3.63, 3.8) is 0 Å². The summed E-state index contributed by atoms with van der Waals surface area (Å²) in [6.07, 6.45) is 2.19. The number of hydrogen-bond acceptors (Lipinski definition) is 2. The van der Waals surface area contributed by atoms with E-state index in [0.29, 0.717) is 15.0 Å². The van der Waals surface area contributed by atoms with Crippen molar-refractivity contribution < 1.29 is 0 Å². The zero-order valence-corrected chi connectivity index (χ0v) is 23.6. The summed E-state index contributed by atoms with van der Waals surface area (Å²) >= 11 is 13.4. The van der Waals surface area contributed by atoms with Crippen LogP contribution in [-0.4, -0.2) is 27.3 Å². The van der Waals surface area contributed by atoms with Gasteiger partial charge in [-0.25, -0.2) is 0 Å². The van der Waals surface area contributed by atoms with E-state index in [4.69, 9.17) is 23.6 Å². The molecular formula is C28H28P2S2Se. The van der Waals surface area contributed by atoms with Crippen molar-refractivity contribution in [1.82, 2.24) is 0 Å². The van der Waals surface area contributed by atoms with Crippen molar-refractivity contribution in [2.45, 2.75) is 10.6 Å². The fourth-order valence-electron chi connectivity index (χ4n) is 3.98. The van der Waals surface area contributed by atoms with Gasteiger partial charge in [0.2, 0.25) is 0 Å². The van der Waals surface area contributed by atoms with Gasteiger partial charge in [0.1, 0.15) is 0 Å². The van der Waals surface area contributed by atoms with Crippen molar-refractivity contribution in [2.24, 2.45) is 0 Å². The van der Waals surface area contributed by atoms with Gasteiger partial charge in [-0.05, 0) is 0 Å². The third kappa shape index (κ3) is 6.04. The Morgan fingerprint density at radius 2 is 0.667 bits per heavy atom. The predicted molar refractivity (Wildman–Crippen MR) is 158 cm³/mol. The summed E-state index contributed by atoms with van der Waals surface area (Å²) in [5, 5.41) is 7.74. The maximum atomic E-state index is 6.42. The standard InChI is InChI=1S/C28H28P2S2Se/c31-29(25-13-5-1-6-14-25,26-15-7-2-8-16-26)21-23-33-24-22-30(32,27-17-9-3-10-18-27)28-19-11-4-12-20-28/h1-20H,21-24H2. The van der Waals surface area contributed by atoms with E-state index in [1.165, 1.54) is 31.9 Å². The van der Waals surface area contributed by atoms with E-state index in [1.807, 2.05) is 0 Å².